The molecule has 1 atom stereocenters. The fraction of sp³-hybridized carbons (Fsp3) is 0.533. The highest BCUT2D eigenvalue weighted by molar-refractivity contribution is 7.09. The van der Waals surface area contributed by atoms with E-state index in [0.717, 1.165) is 42.6 Å². The molecule has 110 valence electrons. The molecule has 5 nitrogen and oxygen atoms in total. The summed E-state index contributed by atoms with van der Waals surface area (Å²) in [6, 6.07) is 3.87. The van der Waals surface area contributed by atoms with Gasteiger partial charge < -0.3 is 9.64 Å². The van der Waals surface area contributed by atoms with E-state index in [9.17, 15) is 0 Å². The minimum Gasteiger partial charge on any atom is -0.487 e. The van der Waals surface area contributed by atoms with Crippen molar-refractivity contribution in [3.63, 3.8) is 0 Å². The molecule has 1 saturated heterocycles. The summed E-state index contributed by atoms with van der Waals surface area (Å²) in [5.74, 6) is 2.52. The lowest BCUT2D eigenvalue weighted by Gasteiger charge is -2.32. The number of pyridine rings is 1. The number of anilines is 1. The number of nitrogens with zero attached hydrogens (tertiary/aromatic N) is 4. The van der Waals surface area contributed by atoms with Crippen LogP contribution in [-0.4, -0.2) is 33.5 Å². The van der Waals surface area contributed by atoms with E-state index >= 15 is 0 Å². The van der Waals surface area contributed by atoms with Crippen LogP contribution in [0.25, 0.3) is 0 Å². The standard InChI is InChI=1S/C15H18N4OS/c1-3-12(9-16-7-1)20-13-4-2-8-19(10-13)15-17-14(18-21-15)11-5-6-11/h1,3,7,9,11,13H,2,4-6,8,10H2. The second-order valence-corrected chi connectivity index (χ2v) is 6.46. The van der Waals surface area contributed by atoms with Gasteiger partial charge in [-0.25, -0.2) is 4.98 Å². The van der Waals surface area contributed by atoms with Gasteiger partial charge in [0.1, 0.15) is 17.7 Å². The summed E-state index contributed by atoms with van der Waals surface area (Å²) in [6.45, 7) is 1.93. The fourth-order valence-corrected chi connectivity index (χ4v) is 3.46. The van der Waals surface area contributed by atoms with E-state index < -0.39 is 0 Å². The normalized spacial score (nSPS) is 22.3. The molecule has 2 fully saturated rings. The van der Waals surface area contributed by atoms with E-state index in [4.69, 9.17) is 9.72 Å². The van der Waals surface area contributed by atoms with Gasteiger partial charge in [0.25, 0.3) is 0 Å². The van der Waals surface area contributed by atoms with Gasteiger partial charge in [-0.05, 0) is 37.8 Å². The maximum Gasteiger partial charge on any atom is 0.205 e. The predicted molar refractivity (Wildman–Crippen MR) is 82.0 cm³/mol. The van der Waals surface area contributed by atoms with Crippen molar-refractivity contribution in [2.45, 2.75) is 37.7 Å². The topological polar surface area (TPSA) is 51.1 Å². The first-order chi connectivity index (χ1) is 10.4. The number of aromatic nitrogens is 3. The summed E-state index contributed by atoms with van der Waals surface area (Å²) in [7, 11) is 0. The molecule has 6 heteroatoms. The Labute approximate surface area is 128 Å². The summed E-state index contributed by atoms with van der Waals surface area (Å²) < 4.78 is 10.5. The number of ether oxygens (including phenoxy) is 1. The lowest BCUT2D eigenvalue weighted by atomic mass is 10.1. The second kappa shape index (κ2) is 5.60. The molecular formula is C15H18N4OS. The van der Waals surface area contributed by atoms with Gasteiger partial charge in [0.15, 0.2) is 0 Å². The maximum atomic E-state index is 6.03. The highest BCUT2D eigenvalue weighted by atomic mass is 32.1. The van der Waals surface area contributed by atoms with Crippen LogP contribution in [0.4, 0.5) is 5.13 Å². The van der Waals surface area contributed by atoms with Gasteiger partial charge in [-0.1, -0.05) is 0 Å². The summed E-state index contributed by atoms with van der Waals surface area (Å²) in [4.78, 5) is 11.1. The average molecular weight is 302 g/mol. The van der Waals surface area contributed by atoms with Gasteiger partial charge in [-0.2, -0.15) is 4.37 Å². The third kappa shape index (κ3) is 3.00. The lowest BCUT2D eigenvalue weighted by molar-refractivity contribution is 0.178. The molecule has 0 amide bonds. The molecule has 0 bridgehead atoms. The number of rotatable bonds is 4. The molecule has 2 aliphatic rings. The molecule has 1 saturated carbocycles. The third-order valence-electron chi connectivity index (χ3n) is 3.96. The molecule has 0 N–H and O–H groups in total. The Morgan fingerprint density at radius 3 is 3.05 bits per heavy atom. The number of piperidine rings is 1. The maximum absolute atomic E-state index is 6.03. The van der Waals surface area contributed by atoms with E-state index in [1.54, 1.807) is 12.4 Å². The van der Waals surface area contributed by atoms with E-state index in [1.807, 2.05) is 12.1 Å². The molecule has 21 heavy (non-hydrogen) atoms. The molecule has 0 spiro atoms. The molecule has 1 unspecified atom stereocenters. The zero-order valence-electron chi connectivity index (χ0n) is 11.8. The quantitative estimate of drug-likeness (QED) is 0.869. The van der Waals surface area contributed by atoms with Crippen LogP contribution in [0.3, 0.4) is 0 Å². The first kappa shape index (κ1) is 13.0. The second-order valence-electron chi connectivity index (χ2n) is 5.73. The molecule has 3 heterocycles. The molecule has 0 radical (unpaired) electrons. The van der Waals surface area contributed by atoms with Crippen LogP contribution < -0.4 is 9.64 Å². The van der Waals surface area contributed by atoms with E-state index in [1.165, 1.54) is 24.4 Å². The van der Waals surface area contributed by atoms with Crippen LogP contribution in [0, 0.1) is 0 Å². The first-order valence-corrected chi connectivity index (χ1v) is 8.31. The van der Waals surface area contributed by atoms with Gasteiger partial charge in [0.2, 0.25) is 5.13 Å². The van der Waals surface area contributed by atoms with Crippen molar-refractivity contribution in [2.75, 3.05) is 18.0 Å². The monoisotopic (exact) mass is 302 g/mol. The van der Waals surface area contributed by atoms with Gasteiger partial charge >= 0.3 is 0 Å². The first-order valence-electron chi connectivity index (χ1n) is 7.54. The van der Waals surface area contributed by atoms with Crippen LogP contribution in [0.5, 0.6) is 5.75 Å². The van der Waals surface area contributed by atoms with Crippen molar-refractivity contribution in [1.82, 2.24) is 14.3 Å². The number of hydrogen-bond donors (Lipinski definition) is 0. The van der Waals surface area contributed by atoms with Crippen molar-refractivity contribution in [3.05, 3.63) is 30.4 Å². The summed E-state index contributed by atoms with van der Waals surface area (Å²) in [6.07, 6.45) is 8.46. The van der Waals surface area contributed by atoms with Gasteiger partial charge in [0.05, 0.1) is 12.7 Å². The third-order valence-corrected chi connectivity index (χ3v) is 4.75. The minimum absolute atomic E-state index is 0.205. The summed E-state index contributed by atoms with van der Waals surface area (Å²) >= 11 is 1.53. The zero-order valence-corrected chi connectivity index (χ0v) is 12.6. The fourth-order valence-electron chi connectivity index (χ4n) is 2.68. The number of hydrogen-bond acceptors (Lipinski definition) is 6. The summed E-state index contributed by atoms with van der Waals surface area (Å²) in [5.41, 5.74) is 0. The minimum atomic E-state index is 0.205. The molecule has 2 aromatic heterocycles. The molecule has 1 aliphatic heterocycles. The Hall–Kier alpha value is -1.69. The Bertz CT molecular complexity index is 599. The van der Waals surface area contributed by atoms with Crippen LogP contribution in [0.2, 0.25) is 0 Å². The van der Waals surface area contributed by atoms with Crippen LogP contribution in [0.15, 0.2) is 24.5 Å². The van der Waals surface area contributed by atoms with Gasteiger partial charge in [-0.3, -0.25) is 4.98 Å². The van der Waals surface area contributed by atoms with Crippen LogP contribution in [-0.2, 0) is 0 Å². The van der Waals surface area contributed by atoms with E-state index in [0.29, 0.717) is 5.92 Å². The molecule has 0 aromatic carbocycles. The molecule has 1 aliphatic carbocycles. The highest BCUT2D eigenvalue weighted by Crippen LogP contribution is 2.40. The molecule has 2 aromatic rings. The largest absolute Gasteiger partial charge is 0.487 e. The molecular weight excluding hydrogens is 284 g/mol. The Morgan fingerprint density at radius 1 is 1.29 bits per heavy atom. The van der Waals surface area contributed by atoms with Crippen LogP contribution in [0.1, 0.15) is 37.4 Å². The SMILES string of the molecule is c1cncc(OC2CCCN(c3nc(C4CC4)ns3)C2)c1. The Balaban J connectivity index is 1.42. The summed E-state index contributed by atoms with van der Waals surface area (Å²) in [5, 5.41) is 1.05. The zero-order chi connectivity index (χ0) is 14.1. The lowest BCUT2D eigenvalue weighted by Crippen LogP contribution is -2.41. The van der Waals surface area contributed by atoms with Crippen molar-refractivity contribution < 1.29 is 4.74 Å². The Kier molecular flexibility index (Phi) is 3.47. The van der Waals surface area contributed by atoms with Crippen molar-refractivity contribution in [3.8, 4) is 5.75 Å². The highest BCUT2D eigenvalue weighted by Gasteiger charge is 2.30. The smallest absolute Gasteiger partial charge is 0.205 e. The van der Waals surface area contributed by atoms with E-state index in [-0.39, 0.29) is 6.10 Å². The van der Waals surface area contributed by atoms with Gasteiger partial charge in [0, 0.05) is 30.2 Å². The van der Waals surface area contributed by atoms with Crippen LogP contribution >= 0.6 is 11.5 Å². The molecule has 4 rings (SSSR count). The van der Waals surface area contributed by atoms with Crippen molar-refractivity contribution in [1.29, 1.82) is 0 Å². The Morgan fingerprint density at radius 2 is 2.24 bits per heavy atom. The predicted octanol–water partition coefficient (Wildman–Crippen LogP) is 2.86. The average Bonchev–Trinajstić information content (AvgIpc) is 3.26. The van der Waals surface area contributed by atoms with Crippen molar-refractivity contribution in [2.24, 2.45) is 0 Å². The van der Waals surface area contributed by atoms with E-state index in [2.05, 4.69) is 14.3 Å². The van der Waals surface area contributed by atoms with Crippen molar-refractivity contribution >= 4 is 16.7 Å². The van der Waals surface area contributed by atoms with Gasteiger partial charge in [-0.15, -0.1) is 0 Å².